The fourth-order valence-corrected chi connectivity index (χ4v) is 1.79. The number of rotatable bonds is 8. The molecular weight excluding hydrogens is 256 g/mol. The summed E-state index contributed by atoms with van der Waals surface area (Å²) in [4.78, 5) is 11.2. The Balaban J connectivity index is 3.16. The zero-order valence-corrected chi connectivity index (χ0v) is 12.1. The molecule has 108 valence electrons. The van der Waals surface area contributed by atoms with Crippen LogP contribution in [0.25, 0.3) is 12.2 Å². The standard InChI is InChI=1S/C16H20O4/c1-18-8-4-6-13-10-14(7-5-9-19-2)16(20-3)15(11-13)12-17/h4-7,10-12H,8-9H2,1-3H3. The van der Waals surface area contributed by atoms with Gasteiger partial charge in [0.05, 0.1) is 25.9 Å². The van der Waals surface area contributed by atoms with Crippen LogP contribution in [-0.2, 0) is 9.47 Å². The van der Waals surface area contributed by atoms with Crippen molar-refractivity contribution in [1.82, 2.24) is 0 Å². The summed E-state index contributed by atoms with van der Waals surface area (Å²) >= 11 is 0. The monoisotopic (exact) mass is 276 g/mol. The van der Waals surface area contributed by atoms with Gasteiger partial charge in [-0.15, -0.1) is 0 Å². The Morgan fingerprint density at radius 2 is 1.55 bits per heavy atom. The maximum Gasteiger partial charge on any atom is 0.153 e. The van der Waals surface area contributed by atoms with Crippen LogP contribution in [-0.4, -0.2) is 40.8 Å². The van der Waals surface area contributed by atoms with Crippen LogP contribution in [0.5, 0.6) is 5.75 Å². The van der Waals surface area contributed by atoms with Crippen molar-refractivity contribution in [2.45, 2.75) is 0 Å². The van der Waals surface area contributed by atoms with E-state index in [2.05, 4.69) is 0 Å². The molecule has 0 saturated heterocycles. The smallest absolute Gasteiger partial charge is 0.153 e. The molecule has 4 heteroatoms. The molecule has 0 spiro atoms. The molecule has 0 radical (unpaired) electrons. The Bertz CT molecular complexity index is 489. The molecule has 0 aliphatic carbocycles. The van der Waals surface area contributed by atoms with Crippen molar-refractivity contribution in [2.24, 2.45) is 0 Å². The minimum Gasteiger partial charge on any atom is -0.495 e. The van der Waals surface area contributed by atoms with Gasteiger partial charge < -0.3 is 14.2 Å². The molecular formula is C16H20O4. The first-order chi connectivity index (χ1) is 9.76. The highest BCUT2D eigenvalue weighted by molar-refractivity contribution is 5.84. The number of carbonyl (C=O) groups excluding carboxylic acids is 1. The fourth-order valence-electron chi connectivity index (χ4n) is 1.79. The first-order valence-electron chi connectivity index (χ1n) is 6.25. The van der Waals surface area contributed by atoms with Crippen LogP contribution in [0.3, 0.4) is 0 Å². The van der Waals surface area contributed by atoms with Crippen LogP contribution in [0.1, 0.15) is 21.5 Å². The summed E-state index contributed by atoms with van der Waals surface area (Å²) in [5, 5.41) is 0. The molecule has 1 rings (SSSR count). The zero-order valence-electron chi connectivity index (χ0n) is 12.1. The van der Waals surface area contributed by atoms with Crippen molar-refractivity contribution in [3.05, 3.63) is 41.0 Å². The van der Waals surface area contributed by atoms with Gasteiger partial charge in [-0.05, 0) is 17.7 Å². The minimum atomic E-state index is 0.503. The van der Waals surface area contributed by atoms with Gasteiger partial charge in [-0.1, -0.05) is 24.3 Å². The SMILES string of the molecule is COCC=Cc1cc(C=O)c(OC)c(C=CCOC)c1. The van der Waals surface area contributed by atoms with Gasteiger partial charge in [0.2, 0.25) is 0 Å². The molecule has 0 amide bonds. The fraction of sp³-hybridized carbons (Fsp3) is 0.312. The average molecular weight is 276 g/mol. The molecule has 1 aromatic carbocycles. The van der Waals surface area contributed by atoms with Crippen molar-refractivity contribution >= 4 is 18.4 Å². The van der Waals surface area contributed by atoms with E-state index in [0.717, 1.165) is 17.4 Å². The number of aldehydes is 1. The molecule has 0 heterocycles. The minimum absolute atomic E-state index is 0.503. The number of carbonyl (C=O) groups is 1. The lowest BCUT2D eigenvalue weighted by atomic mass is 10.0. The molecule has 0 aromatic heterocycles. The highest BCUT2D eigenvalue weighted by Gasteiger charge is 2.08. The predicted molar refractivity (Wildman–Crippen MR) is 80.2 cm³/mol. The van der Waals surface area contributed by atoms with E-state index in [9.17, 15) is 4.79 Å². The molecule has 0 saturated carbocycles. The van der Waals surface area contributed by atoms with E-state index in [1.54, 1.807) is 27.4 Å². The molecule has 4 nitrogen and oxygen atoms in total. The van der Waals surface area contributed by atoms with Gasteiger partial charge in [-0.2, -0.15) is 0 Å². The molecule has 0 bridgehead atoms. The van der Waals surface area contributed by atoms with Gasteiger partial charge >= 0.3 is 0 Å². The molecule has 0 aliphatic heterocycles. The Kier molecular flexibility index (Phi) is 7.32. The zero-order chi connectivity index (χ0) is 14.8. The number of hydrogen-bond donors (Lipinski definition) is 0. The van der Waals surface area contributed by atoms with Crippen molar-refractivity contribution in [3.8, 4) is 5.75 Å². The van der Waals surface area contributed by atoms with E-state index >= 15 is 0 Å². The normalized spacial score (nSPS) is 11.3. The molecule has 20 heavy (non-hydrogen) atoms. The van der Waals surface area contributed by atoms with Crippen molar-refractivity contribution in [3.63, 3.8) is 0 Å². The summed E-state index contributed by atoms with van der Waals surface area (Å²) in [6.07, 6.45) is 8.33. The van der Waals surface area contributed by atoms with Gasteiger partial charge in [-0.25, -0.2) is 0 Å². The predicted octanol–water partition coefficient (Wildman–Crippen LogP) is 2.83. The van der Waals surface area contributed by atoms with Gasteiger partial charge in [-0.3, -0.25) is 4.79 Å². The lowest BCUT2D eigenvalue weighted by Gasteiger charge is -2.09. The highest BCUT2D eigenvalue weighted by Crippen LogP contribution is 2.26. The first kappa shape index (κ1) is 16.1. The number of hydrogen-bond acceptors (Lipinski definition) is 4. The third-order valence-corrected chi connectivity index (χ3v) is 2.63. The van der Waals surface area contributed by atoms with Crippen LogP contribution in [0.2, 0.25) is 0 Å². The summed E-state index contributed by atoms with van der Waals surface area (Å²) in [7, 11) is 4.81. The van der Waals surface area contributed by atoms with Crippen molar-refractivity contribution < 1.29 is 19.0 Å². The van der Waals surface area contributed by atoms with Crippen molar-refractivity contribution in [1.29, 1.82) is 0 Å². The second-order valence-electron chi connectivity index (χ2n) is 4.07. The van der Waals surface area contributed by atoms with Gasteiger partial charge in [0.25, 0.3) is 0 Å². The molecule has 0 N–H and O–H groups in total. The van der Waals surface area contributed by atoms with E-state index in [1.807, 2.05) is 30.4 Å². The second-order valence-corrected chi connectivity index (χ2v) is 4.07. The Morgan fingerprint density at radius 3 is 2.10 bits per heavy atom. The molecule has 0 atom stereocenters. The highest BCUT2D eigenvalue weighted by atomic mass is 16.5. The van der Waals surface area contributed by atoms with Crippen LogP contribution >= 0.6 is 0 Å². The maximum absolute atomic E-state index is 11.2. The van der Waals surface area contributed by atoms with Crippen LogP contribution in [0.15, 0.2) is 24.3 Å². The second kappa shape index (κ2) is 9.07. The van der Waals surface area contributed by atoms with Crippen LogP contribution in [0.4, 0.5) is 0 Å². The Labute approximate surface area is 119 Å². The largest absolute Gasteiger partial charge is 0.495 e. The lowest BCUT2D eigenvalue weighted by molar-refractivity contribution is 0.112. The van der Waals surface area contributed by atoms with Gasteiger partial charge in [0.15, 0.2) is 6.29 Å². The number of benzene rings is 1. The topological polar surface area (TPSA) is 44.8 Å². The molecule has 0 aliphatic rings. The Morgan fingerprint density at radius 1 is 0.950 bits per heavy atom. The van der Waals surface area contributed by atoms with E-state index in [-0.39, 0.29) is 0 Å². The molecule has 0 fully saturated rings. The summed E-state index contributed by atoms with van der Waals surface area (Å²) in [6.45, 7) is 1.03. The quantitative estimate of drug-likeness (QED) is 0.685. The van der Waals surface area contributed by atoms with E-state index < -0.39 is 0 Å². The third-order valence-electron chi connectivity index (χ3n) is 2.63. The van der Waals surface area contributed by atoms with Crippen LogP contribution < -0.4 is 4.74 Å². The molecule has 1 aromatic rings. The average Bonchev–Trinajstić information content (AvgIpc) is 2.47. The maximum atomic E-state index is 11.2. The van der Waals surface area contributed by atoms with E-state index in [0.29, 0.717) is 24.5 Å². The summed E-state index contributed by atoms with van der Waals surface area (Å²) in [5.41, 5.74) is 2.28. The summed E-state index contributed by atoms with van der Waals surface area (Å²) in [6, 6.07) is 3.73. The Hall–Kier alpha value is -1.91. The van der Waals surface area contributed by atoms with Crippen molar-refractivity contribution in [2.75, 3.05) is 34.5 Å². The van der Waals surface area contributed by atoms with Gasteiger partial charge in [0.1, 0.15) is 5.75 Å². The van der Waals surface area contributed by atoms with E-state index in [1.165, 1.54) is 0 Å². The number of methoxy groups -OCH3 is 3. The number of ether oxygens (including phenoxy) is 3. The first-order valence-corrected chi connectivity index (χ1v) is 6.25. The van der Waals surface area contributed by atoms with Crippen LogP contribution in [0, 0.1) is 0 Å². The van der Waals surface area contributed by atoms with E-state index in [4.69, 9.17) is 14.2 Å². The van der Waals surface area contributed by atoms with Gasteiger partial charge in [0, 0.05) is 19.8 Å². The molecule has 0 unspecified atom stereocenters. The lowest BCUT2D eigenvalue weighted by Crippen LogP contribution is -1.95. The third kappa shape index (κ3) is 4.64. The summed E-state index contributed by atoms with van der Waals surface area (Å²) < 4.78 is 15.2. The summed E-state index contributed by atoms with van der Waals surface area (Å²) in [5.74, 6) is 0.566.